The Balaban J connectivity index is 4.35. The van der Waals surface area contributed by atoms with Gasteiger partial charge in [-0.05, 0) is 51.4 Å². The predicted octanol–water partition coefficient (Wildman–Crippen LogP) is 12.2. The number of hydrogen-bond acceptors (Lipinski definition) is 6. The normalized spacial score (nSPS) is 14.5. The van der Waals surface area contributed by atoms with E-state index in [0.717, 1.165) is 51.4 Å². The summed E-state index contributed by atoms with van der Waals surface area (Å²) >= 11 is 0. The lowest BCUT2D eigenvalue weighted by molar-refractivity contribution is -0.870. The van der Waals surface area contributed by atoms with Gasteiger partial charge in [-0.1, -0.05) is 158 Å². The monoisotopic (exact) mass is 767 g/mol. The van der Waals surface area contributed by atoms with E-state index in [9.17, 15) is 14.3 Å². The molecule has 0 bridgehead atoms. The van der Waals surface area contributed by atoms with Crippen molar-refractivity contribution < 1.29 is 37.3 Å². The van der Waals surface area contributed by atoms with Gasteiger partial charge in [-0.2, -0.15) is 0 Å². The van der Waals surface area contributed by atoms with Gasteiger partial charge >= 0.3 is 13.8 Å². The molecule has 0 aliphatic rings. The highest BCUT2D eigenvalue weighted by Crippen LogP contribution is 2.43. The van der Waals surface area contributed by atoms with E-state index in [1.807, 2.05) is 21.1 Å². The van der Waals surface area contributed by atoms with Crippen molar-refractivity contribution in [3.8, 4) is 0 Å². The van der Waals surface area contributed by atoms with Crippen LogP contribution in [0.3, 0.4) is 0 Å². The number of carbonyl (C=O) groups excluding carboxylic acids is 1. The van der Waals surface area contributed by atoms with Crippen LogP contribution in [-0.2, 0) is 27.9 Å². The molecule has 0 saturated heterocycles. The maximum absolute atomic E-state index is 12.5. The number of ether oxygens (including phenoxy) is 2. The van der Waals surface area contributed by atoms with Crippen LogP contribution in [0.4, 0.5) is 0 Å². The van der Waals surface area contributed by atoms with Gasteiger partial charge in [-0.3, -0.25) is 13.8 Å². The average Bonchev–Trinajstić information content (AvgIpc) is 3.11. The van der Waals surface area contributed by atoms with Crippen molar-refractivity contribution in [3.63, 3.8) is 0 Å². The van der Waals surface area contributed by atoms with Crippen LogP contribution in [0.25, 0.3) is 0 Å². The molecule has 0 amide bonds. The second kappa shape index (κ2) is 37.1. The number of phosphoric ester groups is 1. The largest absolute Gasteiger partial charge is 0.472 e. The molecule has 0 spiro atoms. The van der Waals surface area contributed by atoms with Crippen LogP contribution in [-0.4, -0.2) is 75.6 Å². The Morgan fingerprint density at radius 3 is 1.57 bits per heavy atom. The number of esters is 1. The summed E-state index contributed by atoms with van der Waals surface area (Å²) in [6, 6.07) is 0. The maximum Gasteiger partial charge on any atom is 0.472 e. The van der Waals surface area contributed by atoms with Crippen molar-refractivity contribution in [2.24, 2.45) is 0 Å². The molecule has 1 unspecified atom stereocenters. The Hall–Kier alpha value is -1.80. The Kier molecular flexibility index (Phi) is 35.9. The van der Waals surface area contributed by atoms with E-state index >= 15 is 0 Å². The number of rotatable bonds is 38. The highest BCUT2D eigenvalue weighted by molar-refractivity contribution is 7.47. The lowest BCUT2D eigenvalue weighted by Crippen LogP contribution is -2.37. The van der Waals surface area contributed by atoms with Crippen LogP contribution >= 0.6 is 7.82 Å². The number of quaternary nitrogens is 1. The van der Waals surface area contributed by atoms with Crippen LogP contribution in [0.2, 0.25) is 0 Å². The zero-order chi connectivity index (χ0) is 39.1. The van der Waals surface area contributed by atoms with Crippen LogP contribution in [0.5, 0.6) is 0 Å². The van der Waals surface area contributed by atoms with Crippen LogP contribution < -0.4 is 0 Å². The molecular formula is C44H81NO7P+. The van der Waals surface area contributed by atoms with Crippen molar-refractivity contribution in [2.45, 2.75) is 161 Å². The first-order chi connectivity index (χ1) is 25.6. The summed E-state index contributed by atoms with van der Waals surface area (Å²) in [5, 5.41) is 0. The minimum Gasteiger partial charge on any atom is -0.463 e. The van der Waals surface area contributed by atoms with Crippen LogP contribution in [0.1, 0.15) is 155 Å². The Morgan fingerprint density at radius 1 is 0.604 bits per heavy atom. The van der Waals surface area contributed by atoms with Gasteiger partial charge in [0.25, 0.3) is 0 Å². The number of hydrogen-bond donors (Lipinski definition) is 1. The Morgan fingerprint density at radius 2 is 1.08 bits per heavy atom. The lowest BCUT2D eigenvalue weighted by atomic mass is 10.0. The number of likely N-dealkylation sites (N-methyl/N-ethyl adjacent to an activating group) is 1. The zero-order valence-corrected chi connectivity index (χ0v) is 35.6. The molecule has 0 aliphatic carbocycles. The number of phosphoric acid groups is 1. The molecule has 0 fully saturated rings. The summed E-state index contributed by atoms with van der Waals surface area (Å²) in [6.45, 7) is 5.32. The molecule has 0 heterocycles. The molecule has 0 rings (SSSR count). The van der Waals surface area contributed by atoms with E-state index < -0.39 is 13.9 Å². The van der Waals surface area contributed by atoms with Gasteiger partial charge in [0, 0.05) is 13.0 Å². The molecule has 0 radical (unpaired) electrons. The average molecular weight is 767 g/mol. The fourth-order valence-corrected chi connectivity index (χ4v) is 6.07. The second-order valence-corrected chi connectivity index (χ2v) is 16.4. The molecule has 8 nitrogen and oxygen atoms in total. The third-order valence-corrected chi connectivity index (χ3v) is 9.62. The molecule has 0 aromatic rings. The van der Waals surface area contributed by atoms with Crippen molar-refractivity contribution in [1.29, 1.82) is 0 Å². The van der Waals surface area contributed by atoms with E-state index in [1.165, 1.54) is 77.0 Å². The Labute approximate surface area is 326 Å². The number of unbranched alkanes of at least 4 members (excludes halogenated alkanes) is 14. The summed E-state index contributed by atoms with van der Waals surface area (Å²) in [4.78, 5) is 22.6. The molecule has 2 atom stereocenters. The van der Waals surface area contributed by atoms with E-state index in [-0.39, 0.29) is 25.8 Å². The summed E-state index contributed by atoms with van der Waals surface area (Å²) in [7, 11) is 1.68. The number of nitrogens with zero attached hydrogens (tertiary/aromatic N) is 1. The van der Waals surface area contributed by atoms with Crippen molar-refractivity contribution in [1.82, 2.24) is 0 Å². The van der Waals surface area contributed by atoms with Crippen LogP contribution in [0, 0.1) is 0 Å². The third-order valence-electron chi connectivity index (χ3n) is 8.63. The topological polar surface area (TPSA) is 91.3 Å². The van der Waals surface area contributed by atoms with Gasteiger partial charge < -0.3 is 18.9 Å². The fourth-order valence-electron chi connectivity index (χ4n) is 5.33. The maximum atomic E-state index is 12.5. The summed E-state index contributed by atoms with van der Waals surface area (Å²) in [5.74, 6) is -0.311. The molecule has 9 heteroatoms. The SMILES string of the molecule is CC/C=C\C/C=C\C/C=C\C/C=C\C/C=C\CCCC(=O)OC[C@H](COP(=O)(O)OCC[N+](C)(C)C)OCCCCCCCCCCCCCCCC. The smallest absolute Gasteiger partial charge is 0.463 e. The zero-order valence-electron chi connectivity index (χ0n) is 34.7. The summed E-state index contributed by atoms with van der Waals surface area (Å²) < 4.78 is 34.9. The molecule has 0 saturated carbocycles. The van der Waals surface area contributed by atoms with Crippen LogP contribution in [0.15, 0.2) is 60.8 Å². The second-order valence-electron chi connectivity index (χ2n) is 15.0. The molecule has 0 aromatic carbocycles. The highest BCUT2D eigenvalue weighted by Gasteiger charge is 2.25. The van der Waals surface area contributed by atoms with Crippen molar-refractivity contribution in [3.05, 3.63) is 60.8 Å². The summed E-state index contributed by atoms with van der Waals surface area (Å²) in [5.41, 5.74) is 0. The molecule has 0 aromatic heterocycles. The first kappa shape index (κ1) is 51.2. The first-order valence-electron chi connectivity index (χ1n) is 21.0. The predicted molar refractivity (Wildman–Crippen MR) is 224 cm³/mol. The van der Waals surface area contributed by atoms with Crippen molar-refractivity contribution in [2.75, 3.05) is 54.1 Å². The summed E-state index contributed by atoms with van der Waals surface area (Å²) in [6.07, 6.45) is 45.6. The molecule has 1 N–H and O–H groups in total. The van der Waals surface area contributed by atoms with Gasteiger partial charge in [0.05, 0.1) is 27.7 Å². The highest BCUT2D eigenvalue weighted by atomic mass is 31.2. The fraction of sp³-hybridized carbons (Fsp3) is 0.750. The van der Waals surface area contributed by atoms with Gasteiger partial charge in [-0.15, -0.1) is 0 Å². The third kappa shape index (κ3) is 41.2. The Bertz CT molecular complexity index is 1030. The van der Waals surface area contributed by atoms with E-state index in [2.05, 4.69) is 74.6 Å². The molecular weight excluding hydrogens is 685 g/mol. The van der Waals surface area contributed by atoms with Gasteiger partial charge in [-0.25, -0.2) is 4.57 Å². The van der Waals surface area contributed by atoms with Gasteiger partial charge in [0.2, 0.25) is 0 Å². The number of allylic oxidation sites excluding steroid dienone is 10. The molecule has 0 aliphatic heterocycles. The van der Waals surface area contributed by atoms with E-state index in [4.69, 9.17) is 18.5 Å². The minimum atomic E-state index is -4.25. The van der Waals surface area contributed by atoms with E-state index in [0.29, 0.717) is 30.5 Å². The quantitative estimate of drug-likeness (QED) is 0.0220. The first-order valence-corrected chi connectivity index (χ1v) is 22.5. The standard InChI is InChI=1S/C44H80NO7P/c1-6-8-10-12-14-16-18-20-22-23-24-25-27-29-31-33-35-37-44(46)50-41-43(42-52-53(47,48)51-40-38-45(3,4)5)49-39-36-34-32-30-28-26-21-19-17-15-13-11-9-7-2/h8,10,14,16,20,22,24-25,29,31,43H,6-7,9,11-13,15,17-19,21,23,26-28,30,32-42H2,1-5H3/p+1/b10-8-,16-14-,22-20-,25-24-,31-29-/t43-/m1/s1. The molecule has 53 heavy (non-hydrogen) atoms. The van der Waals surface area contributed by atoms with Gasteiger partial charge in [0.15, 0.2) is 0 Å². The number of carbonyl (C=O) groups is 1. The minimum absolute atomic E-state index is 0.0298. The molecule has 308 valence electrons. The van der Waals surface area contributed by atoms with Gasteiger partial charge in [0.1, 0.15) is 25.9 Å². The van der Waals surface area contributed by atoms with Crippen molar-refractivity contribution >= 4 is 13.8 Å². The lowest BCUT2D eigenvalue weighted by Gasteiger charge is -2.24. The van der Waals surface area contributed by atoms with E-state index in [1.54, 1.807) is 0 Å².